The average molecular weight is 326 g/mol. The summed E-state index contributed by atoms with van der Waals surface area (Å²) in [7, 11) is 0. The van der Waals surface area contributed by atoms with Gasteiger partial charge in [0.15, 0.2) is 6.73 Å². The van der Waals surface area contributed by atoms with Gasteiger partial charge in [0, 0.05) is 9.86 Å². The Kier molecular flexibility index (Phi) is 2.67. The predicted octanol–water partition coefficient (Wildman–Crippen LogP) is 5.09. The lowest BCUT2D eigenvalue weighted by molar-refractivity contribution is 0.324. The zero-order valence-electron chi connectivity index (χ0n) is 10.7. The van der Waals surface area contributed by atoms with Gasteiger partial charge in [0.25, 0.3) is 0 Å². The van der Waals surface area contributed by atoms with Gasteiger partial charge < -0.3 is 9.64 Å². The molecule has 1 aliphatic heterocycles. The van der Waals surface area contributed by atoms with Crippen molar-refractivity contribution in [2.24, 2.45) is 0 Å². The van der Waals surface area contributed by atoms with Crippen LogP contribution in [0, 0.1) is 0 Å². The van der Waals surface area contributed by atoms with Crippen molar-refractivity contribution < 1.29 is 4.74 Å². The number of hydrogen-bond donors (Lipinski definition) is 0. The molecule has 0 spiro atoms. The zero-order valence-corrected chi connectivity index (χ0v) is 12.3. The molecule has 4 rings (SSSR count). The van der Waals surface area contributed by atoms with E-state index in [1.54, 1.807) is 0 Å². The van der Waals surface area contributed by atoms with Gasteiger partial charge in [-0.1, -0.05) is 36.4 Å². The fraction of sp³-hybridized carbons (Fsp3) is 0.0588. The Balaban J connectivity index is 1.98. The summed E-state index contributed by atoms with van der Waals surface area (Å²) in [6.07, 6.45) is 0. The van der Waals surface area contributed by atoms with Gasteiger partial charge in [-0.2, -0.15) is 0 Å². The number of nitrogens with zero attached hydrogens (tertiary/aromatic N) is 1. The molecule has 98 valence electrons. The molecule has 1 aliphatic rings. The van der Waals surface area contributed by atoms with Crippen LogP contribution in [0.2, 0.25) is 0 Å². The van der Waals surface area contributed by atoms with Gasteiger partial charge in [0.05, 0.1) is 11.4 Å². The molecule has 2 nitrogen and oxygen atoms in total. The van der Waals surface area contributed by atoms with Crippen LogP contribution in [0.3, 0.4) is 0 Å². The summed E-state index contributed by atoms with van der Waals surface area (Å²) >= 11 is 3.62. The third-order valence-electron chi connectivity index (χ3n) is 3.63. The topological polar surface area (TPSA) is 12.5 Å². The number of halogens is 1. The van der Waals surface area contributed by atoms with E-state index in [-0.39, 0.29) is 0 Å². The maximum atomic E-state index is 5.92. The first-order valence-electron chi connectivity index (χ1n) is 6.51. The van der Waals surface area contributed by atoms with Gasteiger partial charge >= 0.3 is 0 Å². The van der Waals surface area contributed by atoms with Gasteiger partial charge in [-0.25, -0.2) is 0 Å². The minimum Gasteiger partial charge on any atom is -0.472 e. The number of hydrogen-bond acceptors (Lipinski definition) is 2. The average Bonchev–Trinajstić information content (AvgIpc) is 2.49. The summed E-state index contributed by atoms with van der Waals surface area (Å²) in [5, 5.41) is 2.38. The van der Waals surface area contributed by atoms with Crippen molar-refractivity contribution in [1.82, 2.24) is 0 Å². The van der Waals surface area contributed by atoms with Gasteiger partial charge in [-0.05, 0) is 45.6 Å². The van der Waals surface area contributed by atoms with Crippen LogP contribution < -0.4 is 9.64 Å². The molecule has 0 N–H and O–H groups in total. The largest absolute Gasteiger partial charge is 0.472 e. The van der Waals surface area contributed by atoms with E-state index in [4.69, 9.17) is 4.74 Å². The molecule has 0 saturated heterocycles. The summed E-state index contributed by atoms with van der Waals surface area (Å²) in [6, 6.07) is 20.8. The van der Waals surface area contributed by atoms with E-state index < -0.39 is 0 Å². The highest BCUT2D eigenvalue weighted by Gasteiger charge is 2.21. The summed E-state index contributed by atoms with van der Waals surface area (Å²) in [5.74, 6) is 0.960. The molecule has 0 saturated carbocycles. The first-order chi connectivity index (χ1) is 9.84. The smallest absolute Gasteiger partial charge is 0.165 e. The van der Waals surface area contributed by atoms with E-state index in [1.807, 2.05) is 24.3 Å². The summed E-state index contributed by atoms with van der Waals surface area (Å²) < 4.78 is 6.99. The second kappa shape index (κ2) is 4.53. The van der Waals surface area contributed by atoms with Crippen LogP contribution in [0.25, 0.3) is 10.8 Å². The van der Waals surface area contributed by atoms with Gasteiger partial charge in [-0.3, -0.25) is 0 Å². The van der Waals surface area contributed by atoms with Gasteiger partial charge in [0.2, 0.25) is 0 Å². The van der Waals surface area contributed by atoms with E-state index in [0.717, 1.165) is 15.9 Å². The molecule has 0 atom stereocenters. The van der Waals surface area contributed by atoms with E-state index in [9.17, 15) is 0 Å². The highest BCUT2D eigenvalue weighted by Crippen LogP contribution is 2.42. The number of rotatable bonds is 1. The molecule has 3 aromatic carbocycles. The van der Waals surface area contributed by atoms with Crippen LogP contribution >= 0.6 is 15.9 Å². The lowest BCUT2D eigenvalue weighted by Crippen LogP contribution is -2.26. The van der Waals surface area contributed by atoms with E-state index in [2.05, 4.69) is 57.2 Å². The molecule has 20 heavy (non-hydrogen) atoms. The van der Waals surface area contributed by atoms with Crippen LogP contribution in [0.4, 0.5) is 11.4 Å². The second-order valence-corrected chi connectivity index (χ2v) is 5.64. The SMILES string of the molecule is Brc1ccccc1N1COc2cccc3cccc1c23. The molecule has 3 heteroatoms. The van der Waals surface area contributed by atoms with E-state index in [1.165, 1.54) is 16.5 Å². The molecular weight excluding hydrogens is 314 g/mol. The third kappa shape index (κ3) is 1.70. The number of ether oxygens (including phenoxy) is 1. The van der Waals surface area contributed by atoms with E-state index in [0.29, 0.717) is 6.73 Å². The summed E-state index contributed by atoms with van der Waals surface area (Å²) in [6.45, 7) is 0.527. The van der Waals surface area contributed by atoms with Gasteiger partial charge in [-0.15, -0.1) is 0 Å². The lowest BCUT2D eigenvalue weighted by Gasteiger charge is -2.31. The van der Waals surface area contributed by atoms with E-state index >= 15 is 0 Å². The molecule has 1 heterocycles. The summed E-state index contributed by atoms with van der Waals surface area (Å²) in [4.78, 5) is 2.19. The van der Waals surface area contributed by atoms with Crippen molar-refractivity contribution in [2.45, 2.75) is 0 Å². The molecule has 0 aliphatic carbocycles. The second-order valence-electron chi connectivity index (χ2n) is 4.78. The standard InChI is InChI=1S/C17H12BrNO/c18-13-7-1-2-8-14(13)19-11-20-16-10-4-6-12-5-3-9-15(19)17(12)16/h1-10H,11H2. The molecule has 0 amide bonds. The maximum absolute atomic E-state index is 5.92. The Bertz CT molecular complexity index is 795. The highest BCUT2D eigenvalue weighted by molar-refractivity contribution is 9.10. The normalized spacial score (nSPS) is 13.3. The fourth-order valence-corrected chi connectivity index (χ4v) is 3.20. The van der Waals surface area contributed by atoms with Crippen LogP contribution in [0.1, 0.15) is 0 Å². The Morgan fingerprint density at radius 3 is 2.45 bits per heavy atom. The molecule has 0 bridgehead atoms. The lowest BCUT2D eigenvalue weighted by atomic mass is 10.1. The zero-order chi connectivity index (χ0) is 13.5. The monoisotopic (exact) mass is 325 g/mol. The number of benzene rings is 3. The van der Waals surface area contributed by atoms with Crippen molar-refractivity contribution in [1.29, 1.82) is 0 Å². The molecule has 0 aromatic heterocycles. The van der Waals surface area contributed by atoms with Crippen molar-refractivity contribution >= 4 is 38.1 Å². The van der Waals surface area contributed by atoms with Gasteiger partial charge in [0.1, 0.15) is 5.75 Å². The molecule has 3 aromatic rings. The first-order valence-corrected chi connectivity index (χ1v) is 7.30. The molecule has 0 radical (unpaired) electrons. The quantitative estimate of drug-likeness (QED) is 0.617. The Morgan fingerprint density at radius 2 is 1.60 bits per heavy atom. The van der Waals surface area contributed by atoms with Crippen molar-refractivity contribution in [2.75, 3.05) is 11.6 Å². The summed E-state index contributed by atoms with van der Waals surface area (Å²) in [5.41, 5.74) is 2.31. The Hall–Kier alpha value is -2.00. The Morgan fingerprint density at radius 1 is 0.850 bits per heavy atom. The minimum atomic E-state index is 0.527. The molecule has 0 fully saturated rings. The Labute approximate surface area is 125 Å². The predicted molar refractivity (Wildman–Crippen MR) is 85.7 cm³/mol. The minimum absolute atomic E-state index is 0.527. The van der Waals surface area contributed by atoms with Crippen molar-refractivity contribution in [3.63, 3.8) is 0 Å². The fourth-order valence-electron chi connectivity index (χ4n) is 2.71. The molecular formula is C17H12BrNO. The molecule has 0 unspecified atom stereocenters. The highest BCUT2D eigenvalue weighted by atomic mass is 79.9. The van der Waals surface area contributed by atoms with Crippen molar-refractivity contribution in [3.8, 4) is 5.75 Å². The first kappa shape index (κ1) is 11.8. The van der Waals surface area contributed by atoms with Crippen LogP contribution in [0.5, 0.6) is 5.75 Å². The van der Waals surface area contributed by atoms with Crippen molar-refractivity contribution in [3.05, 3.63) is 65.1 Å². The van der Waals surface area contributed by atoms with Crippen LogP contribution in [0.15, 0.2) is 65.1 Å². The van der Waals surface area contributed by atoms with Crippen LogP contribution in [-0.2, 0) is 0 Å². The number of anilines is 2. The number of para-hydroxylation sites is 1. The third-order valence-corrected chi connectivity index (χ3v) is 4.30. The maximum Gasteiger partial charge on any atom is 0.165 e. The van der Waals surface area contributed by atoms with Crippen LogP contribution in [-0.4, -0.2) is 6.73 Å².